The predicted molar refractivity (Wildman–Crippen MR) is 241 cm³/mol. The Morgan fingerprint density at radius 2 is 1.07 bits per heavy atom. The van der Waals surface area contributed by atoms with Gasteiger partial charge in [0.05, 0.1) is 41.9 Å². The van der Waals surface area contributed by atoms with E-state index in [4.69, 9.17) is 39.7 Å². The first-order valence-electron chi connectivity index (χ1n) is 22.7. The van der Waals surface area contributed by atoms with E-state index in [1.165, 1.54) is 24.0 Å². The Bertz CT molecular complexity index is 1860. The fraction of sp³-hybridized carbons (Fsp3) is 0.739. The molecule has 7 nitrogen and oxygen atoms in total. The summed E-state index contributed by atoms with van der Waals surface area (Å²) in [6.45, 7) is 30.8. The molecule has 0 N–H and O–H groups in total. The summed E-state index contributed by atoms with van der Waals surface area (Å²) >= 11 is 6.79. The van der Waals surface area contributed by atoms with Gasteiger partial charge in [-0.05, 0) is 99.0 Å². The van der Waals surface area contributed by atoms with E-state index in [0.29, 0.717) is 41.1 Å². The van der Waals surface area contributed by atoms with Crippen LogP contribution in [-0.2, 0) is 18.6 Å². The number of benzene rings is 2. The van der Waals surface area contributed by atoms with Gasteiger partial charge in [-0.1, -0.05) is 103 Å². The van der Waals surface area contributed by atoms with Crippen molar-refractivity contribution in [1.82, 2.24) is 4.23 Å². The number of hydrogen-bond donors (Lipinski definition) is 0. The highest BCUT2D eigenvalue weighted by atomic mass is 35.5. The zero-order valence-corrected chi connectivity index (χ0v) is 40.2. The first kappa shape index (κ1) is 42.0. The molecule has 58 heavy (non-hydrogen) atoms. The molecule has 2 aromatic carbocycles. The van der Waals surface area contributed by atoms with Gasteiger partial charge in [-0.25, -0.2) is 0 Å². The van der Waals surface area contributed by atoms with Gasteiger partial charge >= 0.3 is 14.2 Å². The molecule has 10 aliphatic rings. The Kier molecular flexibility index (Phi) is 10.4. The topological polar surface area (TPSA) is 58.6 Å². The Hall–Kier alpha value is -1.31. The summed E-state index contributed by atoms with van der Waals surface area (Å²) in [5.41, 5.74) is 3.02. The maximum atomic E-state index is 7.11. The average molecular weight is 846 g/mol. The van der Waals surface area contributed by atoms with Crippen molar-refractivity contribution in [2.75, 3.05) is 13.2 Å². The molecular weight excluding hydrogens is 776 g/mol. The normalized spacial score (nSPS) is 38.2. The lowest BCUT2D eigenvalue weighted by Gasteiger charge is -2.64. The van der Waals surface area contributed by atoms with Gasteiger partial charge in [0.25, 0.3) is 0 Å². The maximum Gasteiger partial charge on any atom is 0.476 e. The lowest BCUT2D eigenvalue weighted by atomic mass is 9.43. The molecule has 0 spiro atoms. The quantitative estimate of drug-likeness (QED) is 0.184. The third kappa shape index (κ3) is 6.76. The smallest absolute Gasteiger partial charge is 0.476 e. The van der Waals surface area contributed by atoms with E-state index in [2.05, 4.69) is 121 Å². The molecule has 316 valence electrons. The third-order valence-electron chi connectivity index (χ3n) is 17.0. The van der Waals surface area contributed by atoms with Crippen molar-refractivity contribution in [3.63, 3.8) is 0 Å². The summed E-state index contributed by atoms with van der Waals surface area (Å²) in [6, 6.07) is 16.9. The van der Waals surface area contributed by atoms with Crippen molar-refractivity contribution in [2.45, 2.75) is 166 Å². The first-order chi connectivity index (χ1) is 27.1. The van der Waals surface area contributed by atoms with Crippen LogP contribution in [0.2, 0.25) is 39.3 Å². The molecule has 12 rings (SSSR count). The predicted octanol–water partition coefficient (Wildman–Crippen LogP) is 10.6. The van der Waals surface area contributed by atoms with Crippen LogP contribution in [0, 0.1) is 34.5 Å². The number of ether oxygens (including phenoxy) is 2. The molecule has 6 saturated carbocycles. The second kappa shape index (κ2) is 14.4. The monoisotopic (exact) mass is 845 g/mol. The number of para-hydroxylation sites is 2. The lowest BCUT2D eigenvalue weighted by molar-refractivity contribution is -0.199. The SMILES string of the molecule is CC1(C)[C@@H]2C[C@H]3OB([C@H](CC4COc5ccccc54)N([Si](C)(C)C)[Si](C)(C)C)O[C@@]3(C)[C@H]1C2.CC1(C)[C@@H]2C[C@H]3OB([C@H](Cl)CC4COc5ccccc54)O[C@@]3(C)[C@H]1C2. The van der Waals surface area contributed by atoms with E-state index >= 15 is 0 Å². The summed E-state index contributed by atoms with van der Waals surface area (Å²) in [6.07, 6.45) is 7.12. The van der Waals surface area contributed by atoms with Crippen molar-refractivity contribution in [2.24, 2.45) is 34.5 Å². The van der Waals surface area contributed by atoms with Crippen LogP contribution in [0.1, 0.15) is 103 Å². The van der Waals surface area contributed by atoms with E-state index in [1.54, 1.807) is 0 Å². The zero-order valence-electron chi connectivity index (χ0n) is 37.5. The number of hydrogen-bond acceptors (Lipinski definition) is 7. The second-order valence-corrected chi connectivity index (χ2v) is 33.7. The molecule has 0 radical (unpaired) electrons. The van der Waals surface area contributed by atoms with E-state index in [0.717, 1.165) is 55.6 Å². The fourth-order valence-electron chi connectivity index (χ4n) is 14.0. The number of fused-ring (bicyclic) bond motifs is 2. The summed E-state index contributed by atoms with van der Waals surface area (Å²) < 4.78 is 41.7. The minimum atomic E-state index is -1.63. The molecule has 12 atom stereocenters. The van der Waals surface area contributed by atoms with Crippen molar-refractivity contribution < 1.29 is 28.1 Å². The molecule has 0 amide bonds. The highest BCUT2D eigenvalue weighted by molar-refractivity contribution is 6.90. The van der Waals surface area contributed by atoms with Crippen LogP contribution in [-0.4, -0.2) is 82.8 Å². The Balaban J connectivity index is 0.000000156. The van der Waals surface area contributed by atoms with E-state index < -0.39 is 16.5 Å². The van der Waals surface area contributed by atoms with Crippen molar-refractivity contribution >= 4 is 42.3 Å². The second-order valence-electron chi connectivity index (χ2n) is 23.0. The number of nitrogens with zero attached hydrogens (tertiary/aromatic N) is 1. The van der Waals surface area contributed by atoms with E-state index in [9.17, 15) is 0 Å². The van der Waals surface area contributed by atoms with Crippen LogP contribution in [0.5, 0.6) is 11.5 Å². The third-order valence-corrected chi connectivity index (χ3v) is 24.9. The van der Waals surface area contributed by atoms with Gasteiger partial charge in [0.15, 0.2) is 0 Å². The number of alkyl halides is 1. The van der Waals surface area contributed by atoms with Crippen LogP contribution >= 0.6 is 11.6 Å². The molecule has 12 heteroatoms. The van der Waals surface area contributed by atoms with Crippen LogP contribution in [0.25, 0.3) is 0 Å². The Labute approximate surface area is 357 Å². The van der Waals surface area contributed by atoms with Gasteiger partial charge in [-0.3, -0.25) is 0 Å². The van der Waals surface area contributed by atoms with Gasteiger partial charge < -0.3 is 32.3 Å². The van der Waals surface area contributed by atoms with Crippen LogP contribution in [0.15, 0.2) is 48.5 Å². The van der Waals surface area contributed by atoms with Gasteiger partial charge in [0.1, 0.15) is 28.0 Å². The molecule has 2 unspecified atom stereocenters. The summed E-state index contributed by atoms with van der Waals surface area (Å²) in [5.74, 6) is 5.77. The molecule has 4 heterocycles. The van der Waals surface area contributed by atoms with Crippen LogP contribution in [0.4, 0.5) is 0 Å². The highest BCUT2D eigenvalue weighted by Crippen LogP contribution is 2.67. The average Bonchev–Trinajstić information content (AvgIpc) is 3.92. The van der Waals surface area contributed by atoms with Gasteiger partial charge in [0, 0.05) is 28.9 Å². The minimum Gasteiger partial charge on any atom is -0.493 e. The largest absolute Gasteiger partial charge is 0.493 e. The van der Waals surface area contributed by atoms with Crippen molar-refractivity contribution in [1.29, 1.82) is 0 Å². The zero-order chi connectivity index (χ0) is 41.4. The van der Waals surface area contributed by atoms with Gasteiger partial charge in [-0.15, -0.1) is 11.6 Å². The molecule has 2 saturated heterocycles. The molecule has 8 fully saturated rings. The Morgan fingerprint density at radius 3 is 1.53 bits per heavy atom. The number of rotatable bonds is 9. The van der Waals surface area contributed by atoms with Crippen molar-refractivity contribution in [3.05, 3.63) is 59.7 Å². The lowest BCUT2D eigenvalue weighted by Crippen LogP contribution is -2.68. The van der Waals surface area contributed by atoms with Gasteiger partial charge in [0.2, 0.25) is 0 Å². The maximum absolute atomic E-state index is 7.11. The molecule has 2 aromatic rings. The molecule has 4 bridgehead atoms. The standard InChI is InChI=1S/C26H44BNO3Si2.C20H26BClO3/c1-25(2)19-15-22(25)26(3)23(16-19)30-27(31-26)24(28(32(4,5)6)33(7,8)9)14-18-17-29-21-13-11-10-12-20(18)21;1-19(2)13-9-16(19)20(3)17(10-13)24-21(25-20)18(22)8-12-11-23-15-7-5-4-6-14(12)15/h10-13,18-19,22-24H,14-17H2,1-9H3;4-7,12-13,16-18H,8-11H2,1-3H3/t18?,19-,22-,23+,24-,26-;12?,13-,16-,17+,18+,20-/m00/s1. The molecule has 0 aromatic heterocycles. The molecule has 4 aliphatic heterocycles. The summed E-state index contributed by atoms with van der Waals surface area (Å²) in [4.78, 5) is 0. The molecule has 6 aliphatic carbocycles. The van der Waals surface area contributed by atoms with E-state index in [1.807, 2.05) is 12.1 Å². The minimum absolute atomic E-state index is 0.150. The van der Waals surface area contributed by atoms with E-state index in [-0.39, 0.29) is 48.9 Å². The fourth-order valence-corrected chi connectivity index (χ4v) is 24.8. The van der Waals surface area contributed by atoms with Crippen LogP contribution in [0.3, 0.4) is 0 Å². The first-order valence-corrected chi connectivity index (χ1v) is 30.0. The molecular formula is C46H70B2ClNO6Si2. The number of halogens is 1. The Morgan fingerprint density at radius 1 is 0.638 bits per heavy atom. The summed E-state index contributed by atoms with van der Waals surface area (Å²) in [5, 5.41) is -0.150. The van der Waals surface area contributed by atoms with Gasteiger partial charge in [-0.2, -0.15) is 0 Å². The van der Waals surface area contributed by atoms with Crippen molar-refractivity contribution in [3.8, 4) is 11.5 Å². The summed E-state index contributed by atoms with van der Waals surface area (Å²) in [7, 11) is -3.72. The van der Waals surface area contributed by atoms with Crippen LogP contribution < -0.4 is 9.47 Å². The highest BCUT2D eigenvalue weighted by Gasteiger charge is 2.70.